The number of methoxy groups -OCH3 is 3. The van der Waals surface area contributed by atoms with Crippen molar-refractivity contribution in [2.45, 2.75) is 0 Å². The van der Waals surface area contributed by atoms with Gasteiger partial charge >= 0.3 is 0 Å². The van der Waals surface area contributed by atoms with Crippen LogP contribution in [0.3, 0.4) is 0 Å². The molecule has 3 aromatic rings. The van der Waals surface area contributed by atoms with Gasteiger partial charge in [0.05, 0.1) is 21.3 Å². The number of pyridine rings is 1. The normalized spacial score (nSPS) is 10.3. The Balaban J connectivity index is 1.79. The first-order chi connectivity index (χ1) is 12.6. The molecule has 0 aliphatic carbocycles. The summed E-state index contributed by atoms with van der Waals surface area (Å²) in [5, 5.41) is 5.20. The molecule has 26 heavy (non-hydrogen) atoms. The van der Waals surface area contributed by atoms with Crippen LogP contribution in [0.4, 0.5) is 5.69 Å². The van der Waals surface area contributed by atoms with Gasteiger partial charge < -0.3 is 19.5 Å². The van der Waals surface area contributed by atoms with Crippen molar-refractivity contribution in [3.63, 3.8) is 0 Å². The van der Waals surface area contributed by atoms with Gasteiger partial charge in [0.1, 0.15) is 10.7 Å². The standard InChI is InChI=1S/C18H17N3O4S/c1-23-14-5-4-11(8-15(14)24-2)18-21-13(10-26-18)17(22)20-12-6-7-19-16(9-12)25-3/h4-10H,1-3H3,(H,19,20,22). The van der Waals surface area contributed by atoms with Crippen LogP contribution >= 0.6 is 11.3 Å². The molecule has 0 aliphatic heterocycles. The number of rotatable bonds is 6. The number of hydrogen-bond donors (Lipinski definition) is 1. The molecule has 8 heteroatoms. The SMILES string of the molecule is COc1cc(NC(=O)c2csc(-c3ccc(OC)c(OC)c3)n2)ccn1. The third-order valence-corrected chi connectivity index (χ3v) is 4.46. The van der Waals surface area contributed by atoms with Crippen LogP contribution in [0.25, 0.3) is 10.6 Å². The van der Waals surface area contributed by atoms with E-state index in [9.17, 15) is 4.79 Å². The topological polar surface area (TPSA) is 82.6 Å². The van der Waals surface area contributed by atoms with Gasteiger partial charge in [0.15, 0.2) is 11.5 Å². The maximum atomic E-state index is 12.4. The lowest BCUT2D eigenvalue weighted by atomic mass is 10.2. The quantitative estimate of drug-likeness (QED) is 0.714. The predicted octanol–water partition coefficient (Wildman–Crippen LogP) is 3.48. The molecule has 2 heterocycles. The van der Waals surface area contributed by atoms with E-state index in [0.717, 1.165) is 5.56 Å². The summed E-state index contributed by atoms with van der Waals surface area (Å²) in [5.74, 6) is 1.36. The average molecular weight is 371 g/mol. The Labute approximate surface area is 154 Å². The molecule has 3 rings (SSSR count). The number of thiazole rings is 1. The first kappa shape index (κ1) is 17.7. The van der Waals surface area contributed by atoms with Crippen LogP contribution in [0, 0.1) is 0 Å². The van der Waals surface area contributed by atoms with Gasteiger partial charge in [-0.25, -0.2) is 9.97 Å². The van der Waals surface area contributed by atoms with Crippen molar-refractivity contribution in [3.8, 4) is 28.0 Å². The van der Waals surface area contributed by atoms with Crippen molar-refractivity contribution in [2.75, 3.05) is 26.6 Å². The molecule has 0 fully saturated rings. The zero-order chi connectivity index (χ0) is 18.5. The van der Waals surface area contributed by atoms with Gasteiger partial charge in [0, 0.05) is 28.9 Å². The molecule has 1 aromatic carbocycles. The number of aromatic nitrogens is 2. The lowest BCUT2D eigenvalue weighted by Gasteiger charge is -2.08. The summed E-state index contributed by atoms with van der Waals surface area (Å²) in [5.41, 5.74) is 1.76. The van der Waals surface area contributed by atoms with Crippen LogP contribution in [0.5, 0.6) is 17.4 Å². The molecule has 0 radical (unpaired) electrons. The Kier molecular flexibility index (Phi) is 5.33. The van der Waals surface area contributed by atoms with Crippen LogP contribution in [0.2, 0.25) is 0 Å². The zero-order valence-corrected chi connectivity index (χ0v) is 15.3. The number of carbonyl (C=O) groups is 1. The minimum atomic E-state index is -0.304. The molecule has 0 bridgehead atoms. The Morgan fingerprint density at radius 1 is 1.04 bits per heavy atom. The van der Waals surface area contributed by atoms with Crippen molar-refractivity contribution in [3.05, 3.63) is 47.6 Å². The number of ether oxygens (including phenoxy) is 3. The second-order valence-electron chi connectivity index (χ2n) is 5.15. The largest absolute Gasteiger partial charge is 0.493 e. The molecule has 0 atom stereocenters. The van der Waals surface area contributed by atoms with E-state index in [1.807, 2.05) is 12.1 Å². The maximum absolute atomic E-state index is 12.4. The molecule has 0 saturated heterocycles. The second-order valence-corrected chi connectivity index (χ2v) is 6.01. The van der Waals surface area contributed by atoms with Gasteiger partial charge in [-0.2, -0.15) is 0 Å². The lowest BCUT2D eigenvalue weighted by Crippen LogP contribution is -2.12. The van der Waals surface area contributed by atoms with E-state index in [-0.39, 0.29) is 5.91 Å². The zero-order valence-electron chi connectivity index (χ0n) is 14.5. The monoisotopic (exact) mass is 371 g/mol. The van der Waals surface area contributed by atoms with E-state index >= 15 is 0 Å². The Morgan fingerprint density at radius 3 is 2.58 bits per heavy atom. The average Bonchev–Trinajstić information content (AvgIpc) is 3.18. The van der Waals surface area contributed by atoms with Gasteiger partial charge in [-0.1, -0.05) is 0 Å². The van der Waals surface area contributed by atoms with E-state index in [1.54, 1.807) is 44.0 Å². The van der Waals surface area contributed by atoms with Crippen molar-refractivity contribution < 1.29 is 19.0 Å². The molecule has 0 aliphatic rings. The highest BCUT2D eigenvalue weighted by molar-refractivity contribution is 7.13. The second kappa shape index (κ2) is 7.83. The third-order valence-electron chi connectivity index (χ3n) is 3.57. The van der Waals surface area contributed by atoms with Gasteiger partial charge in [-0.3, -0.25) is 4.79 Å². The van der Waals surface area contributed by atoms with Gasteiger partial charge in [-0.05, 0) is 24.3 Å². The van der Waals surface area contributed by atoms with E-state index in [1.165, 1.54) is 18.4 Å². The molecular weight excluding hydrogens is 354 g/mol. The molecule has 134 valence electrons. The number of benzene rings is 1. The highest BCUT2D eigenvalue weighted by Crippen LogP contribution is 2.33. The molecular formula is C18H17N3O4S. The van der Waals surface area contributed by atoms with Crippen molar-refractivity contribution in [1.82, 2.24) is 9.97 Å². The number of amides is 1. The first-order valence-electron chi connectivity index (χ1n) is 7.64. The van der Waals surface area contributed by atoms with Crippen molar-refractivity contribution in [1.29, 1.82) is 0 Å². The first-order valence-corrected chi connectivity index (χ1v) is 8.52. The van der Waals surface area contributed by atoms with Gasteiger partial charge in [0.2, 0.25) is 5.88 Å². The van der Waals surface area contributed by atoms with Crippen molar-refractivity contribution >= 4 is 22.9 Å². The summed E-state index contributed by atoms with van der Waals surface area (Å²) < 4.78 is 15.6. The summed E-state index contributed by atoms with van der Waals surface area (Å²) in [6, 6.07) is 8.82. The Morgan fingerprint density at radius 2 is 1.85 bits per heavy atom. The molecule has 2 aromatic heterocycles. The van der Waals surface area contributed by atoms with E-state index < -0.39 is 0 Å². The smallest absolute Gasteiger partial charge is 0.275 e. The van der Waals surface area contributed by atoms with E-state index in [2.05, 4.69) is 15.3 Å². The van der Waals surface area contributed by atoms with Crippen LogP contribution in [0.15, 0.2) is 41.9 Å². The molecule has 7 nitrogen and oxygen atoms in total. The fourth-order valence-corrected chi connectivity index (χ4v) is 3.07. The highest BCUT2D eigenvalue weighted by Gasteiger charge is 2.14. The summed E-state index contributed by atoms with van der Waals surface area (Å²) >= 11 is 1.38. The van der Waals surface area contributed by atoms with Gasteiger partial charge in [-0.15, -0.1) is 11.3 Å². The molecule has 0 saturated carbocycles. The van der Waals surface area contributed by atoms with Crippen molar-refractivity contribution in [2.24, 2.45) is 0 Å². The van der Waals surface area contributed by atoms with Crippen LogP contribution in [0.1, 0.15) is 10.5 Å². The van der Waals surface area contributed by atoms with Gasteiger partial charge in [0.25, 0.3) is 5.91 Å². The van der Waals surface area contributed by atoms with E-state index in [4.69, 9.17) is 14.2 Å². The molecule has 0 spiro atoms. The fourth-order valence-electron chi connectivity index (χ4n) is 2.27. The van der Waals surface area contributed by atoms with Crippen LogP contribution < -0.4 is 19.5 Å². The highest BCUT2D eigenvalue weighted by atomic mass is 32.1. The minimum Gasteiger partial charge on any atom is -0.493 e. The lowest BCUT2D eigenvalue weighted by molar-refractivity contribution is 0.102. The number of hydrogen-bond acceptors (Lipinski definition) is 7. The van der Waals surface area contributed by atoms with Crippen LogP contribution in [-0.4, -0.2) is 37.2 Å². The Hall–Kier alpha value is -3.13. The summed E-state index contributed by atoms with van der Waals surface area (Å²) in [6.45, 7) is 0. The number of nitrogens with zero attached hydrogens (tertiary/aromatic N) is 2. The molecule has 0 unspecified atom stereocenters. The minimum absolute atomic E-state index is 0.304. The van der Waals surface area contributed by atoms with Crippen LogP contribution in [-0.2, 0) is 0 Å². The number of nitrogens with one attached hydrogen (secondary N) is 1. The predicted molar refractivity (Wildman–Crippen MR) is 99.4 cm³/mol. The maximum Gasteiger partial charge on any atom is 0.275 e. The number of carbonyl (C=O) groups excluding carboxylic acids is 1. The summed E-state index contributed by atoms with van der Waals surface area (Å²) in [4.78, 5) is 20.8. The molecule has 1 amide bonds. The van der Waals surface area contributed by atoms with E-state index in [0.29, 0.717) is 33.8 Å². The fraction of sp³-hybridized carbons (Fsp3) is 0.167. The third kappa shape index (κ3) is 3.75. The molecule has 1 N–H and O–H groups in total. The number of anilines is 1. The summed E-state index contributed by atoms with van der Waals surface area (Å²) in [7, 11) is 4.67. The Bertz CT molecular complexity index is 926. The summed E-state index contributed by atoms with van der Waals surface area (Å²) in [6.07, 6.45) is 1.56.